The summed E-state index contributed by atoms with van der Waals surface area (Å²) in [6, 6.07) is 0. The van der Waals surface area contributed by atoms with Crippen LogP contribution >= 0.6 is 0 Å². The Labute approximate surface area is 72.0 Å². The molecule has 0 aliphatic carbocycles. The van der Waals surface area contributed by atoms with Crippen LogP contribution in [0.4, 0.5) is 0 Å². The van der Waals surface area contributed by atoms with Crippen molar-refractivity contribution in [2.24, 2.45) is 0 Å². The average Bonchev–Trinajstić information content (AvgIpc) is 2.05. The van der Waals surface area contributed by atoms with Crippen molar-refractivity contribution in [3.63, 3.8) is 0 Å². The van der Waals surface area contributed by atoms with Gasteiger partial charge in [-0.15, -0.1) is 6.58 Å². The molecule has 0 aliphatic rings. The van der Waals surface area contributed by atoms with Crippen molar-refractivity contribution in [1.29, 1.82) is 0 Å². The fraction of sp³-hybridized carbons (Fsp3) is 0.750. The quantitative estimate of drug-likeness (QED) is 0.261. The van der Waals surface area contributed by atoms with Crippen LogP contribution in [-0.2, 0) is 9.47 Å². The zero-order valence-corrected chi connectivity index (χ0v) is 8.22. The third kappa shape index (κ3) is 4.34. The predicted molar refractivity (Wildman–Crippen MR) is 46.6 cm³/mol. The first-order chi connectivity index (χ1) is 5.18. The molecule has 0 saturated heterocycles. The van der Waals surface area contributed by atoms with Gasteiger partial charge in [0.2, 0.25) is 0 Å². The second-order valence-electron chi connectivity index (χ2n) is 2.34. The van der Waals surface area contributed by atoms with Crippen molar-refractivity contribution in [3.8, 4) is 0 Å². The van der Waals surface area contributed by atoms with E-state index in [1.807, 2.05) is 6.08 Å². The van der Waals surface area contributed by atoms with Crippen molar-refractivity contribution in [2.75, 3.05) is 14.2 Å². The van der Waals surface area contributed by atoms with Crippen LogP contribution < -0.4 is 0 Å². The Morgan fingerprint density at radius 3 is 2.36 bits per heavy atom. The van der Waals surface area contributed by atoms with Crippen LogP contribution in [0, 0.1) is 0 Å². The molecule has 3 heteroatoms. The van der Waals surface area contributed by atoms with E-state index in [9.17, 15) is 0 Å². The second kappa shape index (κ2) is 5.52. The van der Waals surface area contributed by atoms with Gasteiger partial charge in [-0.2, -0.15) is 0 Å². The SMILES string of the molecule is C=CCCCC([Si])(OC)OC. The van der Waals surface area contributed by atoms with E-state index in [4.69, 9.17) is 9.47 Å². The van der Waals surface area contributed by atoms with Gasteiger partial charge < -0.3 is 9.47 Å². The molecule has 0 aromatic carbocycles. The molecule has 0 amide bonds. The van der Waals surface area contributed by atoms with E-state index in [-0.39, 0.29) is 0 Å². The Morgan fingerprint density at radius 2 is 2.00 bits per heavy atom. The van der Waals surface area contributed by atoms with E-state index in [1.54, 1.807) is 14.2 Å². The fourth-order valence-corrected chi connectivity index (χ4v) is 0.943. The van der Waals surface area contributed by atoms with Gasteiger partial charge in [0.1, 0.15) is 15.7 Å². The maximum Gasteiger partial charge on any atom is 0.143 e. The minimum Gasteiger partial charge on any atom is -0.358 e. The molecule has 0 heterocycles. The van der Waals surface area contributed by atoms with Crippen LogP contribution in [0.25, 0.3) is 0 Å². The summed E-state index contributed by atoms with van der Waals surface area (Å²) < 4.78 is 10.2. The smallest absolute Gasteiger partial charge is 0.143 e. The maximum absolute atomic E-state index is 5.09. The monoisotopic (exact) mass is 171 g/mol. The van der Waals surface area contributed by atoms with E-state index in [2.05, 4.69) is 16.8 Å². The van der Waals surface area contributed by atoms with Crippen LogP contribution in [0.15, 0.2) is 12.7 Å². The van der Waals surface area contributed by atoms with Crippen molar-refractivity contribution in [2.45, 2.75) is 24.7 Å². The van der Waals surface area contributed by atoms with Crippen LogP contribution in [0.1, 0.15) is 19.3 Å². The van der Waals surface area contributed by atoms with Crippen LogP contribution in [-0.4, -0.2) is 29.9 Å². The highest BCUT2D eigenvalue weighted by Crippen LogP contribution is 2.14. The van der Waals surface area contributed by atoms with E-state index in [0.717, 1.165) is 19.3 Å². The van der Waals surface area contributed by atoms with Crippen molar-refractivity contribution >= 4 is 10.2 Å². The molecular formula is C8H15O2Si. The Morgan fingerprint density at radius 1 is 1.45 bits per heavy atom. The molecule has 0 atom stereocenters. The first kappa shape index (κ1) is 10.9. The molecular weight excluding hydrogens is 156 g/mol. The molecule has 0 spiro atoms. The molecule has 3 radical (unpaired) electrons. The predicted octanol–water partition coefficient (Wildman–Crippen LogP) is 1.46. The first-order valence-corrected chi connectivity index (χ1v) is 4.14. The Kier molecular flexibility index (Phi) is 5.46. The molecule has 0 saturated carbocycles. The summed E-state index contributed by atoms with van der Waals surface area (Å²) in [5.74, 6) is 0. The normalized spacial score (nSPS) is 11.5. The lowest BCUT2D eigenvalue weighted by Crippen LogP contribution is -2.33. The van der Waals surface area contributed by atoms with Crippen molar-refractivity contribution in [1.82, 2.24) is 0 Å². The van der Waals surface area contributed by atoms with Gasteiger partial charge in [-0.25, -0.2) is 0 Å². The fourth-order valence-electron chi connectivity index (χ4n) is 0.767. The van der Waals surface area contributed by atoms with Gasteiger partial charge in [-0.1, -0.05) is 6.08 Å². The molecule has 0 N–H and O–H groups in total. The molecule has 63 valence electrons. The molecule has 0 fully saturated rings. The zero-order chi connectivity index (χ0) is 8.74. The third-order valence-corrected chi connectivity index (χ3v) is 2.23. The number of unbranched alkanes of at least 4 members (excludes halogenated alkanes) is 1. The highest BCUT2D eigenvalue weighted by atomic mass is 28.1. The lowest BCUT2D eigenvalue weighted by Gasteiger charge is -2.26. The maximum atomic E-state index is 5.09. The first-order valence-electron chi connectivity index (χ1n) is 3.64. The van der Waals surface area contributed by atoms with Gasteiger partial charge in [0, 0.05) is 14.2 Å². The third-order valence-electron chi connectivity index (χ3n) is 1.57. The Balaban J connectivity index is 3.59. The highest BCUT2D eigenvalue weighted by molar-refractivity contribution is 6.13. The van der Waals surface area contributed by atoms with Crippen LogP contribution in [0.5, 0.6) is 0 Å². The number of hydrogen-bond donors (Lipinski definition) is 0. The molecule has 11 heavy (non-hydrogen) atoms. The lowest BCUT2D eigenvalue weighted by atomic mass is 10.2. The summed E-state index contributed by atoms with van der Waals surface area (Å²) in [5.41, 5.74) is -0.608. The molecule has 0 rings (SSSR count). The topological polar surface area (TPSA) is 18.5 Å². The number of allylic oxidation sites excluding steroid dienone is 1. The number of rotatable bonds is 6. The van der Waals surface area contributed by atoms with Gasteiger partial charge >= 0.3 is 0 Å². The largest absolute Gasteiger partial charge is 0.358 e. The van der Waals surface area contributed by atoms with Crippen molar-refractivity contribution in [3.05, 3.63) is 12.7 Å². The Bertz CT molecular complexity index is 111. The summed E-state index contributed by atoms with van der Waals surface area (Å²) in [5, 5.41) is 0. The van der Waals surface area contributed by atoms with Gasteiger partial charge in [-0.05, 0) is 19.3 Å². The summed E-state index contributed by atoms with van der Waals surface area (Å²) >= 11 is 0. The lowest BCUT2D eigenvalue weighted by molar-refractivity contribution is -0.146. The molecule has 0 bridgehead atoms. The minimum absolute atomic E-state index is 0.608. The zero-order valence-electron chi connectivity index (χ0n) is 7.22. The van der Waals surface area contributed by atoms with Gasteiger partial charge in [0.05, 0.1) is 0 Å². The van der Waals surface area contributed by atoms with Gasteiger partial charge in [0.25, 0.3) is 0 Å². The van der Waals surface area contributed by atoms with E-state index in [0.29, 0.717) is 0 Å². The standard InChI is InChI=1S/C8H15O2Si/c1-4-5-6-7-8(11,9-2)10-3/h4H,1,5-7H2,2-3H3. The minimum atomic E-state index is -0.608. The number of methoxy groups -OCH3 is 2. The molecule has 0 aromatic rings. The molecule has 0 aliphatic heterocycles. The molecule has 0 aromatic heterocycles. The summed E-state index contributed by atoms with van der Waals surface area (Å²) in [4.78, 5) is 0. The summed E-state index contributed by atoms with van der Waals surface area (Å²) in [6.45, 7) is 3.63. The molecule has 0 unspecified atom stereocenters. The second-order valence-corrected chi connectivity index (χ2v) is 3.10. The van der Waals surface area contributed by atoms with Crippen molar-refractivity contribution < 1.29 is 9.47 Å². The van der Waals surface area contributed by atoms with Crippen LogP contribution in [0.2, 0.25) is 0 Å². The van der Waals surface area contributed by atoms with E-state index >= 15 is 0 Å². The summed E-state index contributed by atoms with van der Waals surface area (Å²) in [7, 11) is 6.62. The van der Waals surface area contributed by atoms with Gasteiger partial charge in [-0.3, -0.25) is 0 Å². The highest BCUT2D eigenvalue weighted by Gasteiger charge is 2.20. The number of hydrogen-bond acceptors (Lipinski definition) is 2. The van der Waals surface area contributed by atoms with E-state index in [1.165, 1.54) is 0 Å². The number of ether oxygens (including phenoxy) is 2. The van der Waals surface area contributed by atoms with Gasteiger partial charge in [0.15, 0.2) is 0 Å². The van der Waals surface area contributed by atoms with E-state index < -0.39 is 5.41 Å². The summed E-state index contributed by atoms with van der Waals surface area (Å²) in [6.07, 6.45) is 4.70. The average molecular weight is 171 g/mol. The van der Waals surface area contributed by atoms with Crippen LogP contribution in [0.3, 0.4) is 0 Å². The molecule has 2 nitrogen and oxygen atoms in total. The Hall–Kier alpha value is -0.123.